The van der Waals surface area contributed by atoms with Crippen molar-refractivity contribution >= 4 is 40.5 Å². The standard InChI is InChI=1S/C3H8O3S.Na.H2O.H/c1-2-3-6-7(4)5;;;/h7H,2-3H2,1H3;;1H2;. The van der Waals surface area contributed by atoms with Crippen LogP contribution in [0.3, 0.4) is 0 Å². The second-order valence-electron chi connectivity index (χ2n) is 1.06. The van der Waals surface area contributed by atoms with Crippen molar-refractivity contribution in [1.82, 2.24) is 0 Å². The monoisotopic (exact) mass is 166 g/mol. The molecule has 0 saturated carbocycles. The summed E-state index contributed by atoms with van der Waals surface area (Å²) in [4.78, 5) is 0. The van der Waals surface area contributed by atoms with Crippen molar-refractivity contribution in [3.63, 3.8) is 0 Å². The predicted molar refractivity (Wildman–Crippen MR) is 37.3 cm³/mol. The van der Waals surface area contributed by atoms with Crippen LogP contribution >= 0.6 is 0 Å². The number of rotatable bonds is 3. The third-order valence-electron chi connectivity index (χ3n) is 0.401. The van der Waals surface area contributed by atoms with Gasteiger partial charge < -0.3 is 5.48 Å². The van der Waals surface area contributed by atoms with E-state index < -0.39 is 11.0 Å². The molecule has 0 unspecified atom stereocenters. The first-order valence-electron chi connectivity index (χ1n) is 2.04. The van der Waals surface area contributed by atoms with E-state index in [4.69, 9.17) is 0 Å². The normalized spacial score (nSPS) is 7.78. The summed E-state index contributed by atoms with van der Waals surface area (Å²) >= 11 is 0. The molecule has 54 valence electrons. The van der Waals surface area contributed by atoms with Crippen molar-refractivity contribution in [2.24, 2.45) is 0 Å². The minimum absolute atomic E-state index is 0. The molecule has 2 N–H and O–H groups in total. The van der Waals surface area contributed by atoms with Crippen LogP contribution in [-0.2, 0) is 15.2 Å². The van der Waals surface area contributed by atoms with Gasteiger partial charge in [0.1, 0.15) is 0 Å². The Hall–Kier alpha value is 0.870. The summed E-state index contributed by atoms with van der Waals surface area (Å²) in [5.41, 5.74) is 0. The molecule has 0 aromatic carbocycles. The molecule has 0 spiro atoms. The third-order valence-corrected chi connectivity index (χ3v) is 0.794. The quantitative estimate of drug-likeness (QED) is 0.408. The summed E-state index contributed by atoms with van der Waals surface area (Å²) in [6.07, 6.45) is 0.739. The van der Waals surface area contributed by atoms with Crippen molar-refractivity contribution in [2.75, 3.05) is 6.61 Å². The van der Waals surface area contributed by atoms with Crippen LogP contribution in [0.4, 0.5) is 0 Å². The molecule has 0 aromatic rings. The summed E-state index contributed by atoms with van der Waals surface area (Å²) < 4.78 is 23.3. The Balaban J connectivity index is -0.000000180. The molecular weight excluding hydrogens is 155 g/mol. The van der Waals surface area contributed by atoms with E-state index in [1.54, 1.807) is 0 Å². The molecule has 0 aromatic heterocycles. The van der Waals surface area contributed by atoms with Crippen LogP contribution in [0.2, 0.25) is 0 Å². The van der Waals surface area contributed by atoms with E-state index in [0.29, 0.717) is 6.61 Å². The van der Waals surface area contributed by atoms with Crippen molar-refractivity contribution in [3.8, 4) is 0 Å². The molecule has 0 bridgehead atoms. The Morgan fingerprint density at radius 3 is 2.00 bits per heavy atom. The number of thiol groups is 1. The summed E-state index contributed by atoms with van der Waals surface area (Å²) in [6, 6.07) is 0. The maximum atomic E-state index is 9.57. The second-order valence-corrected chi connectivity index (χ2v) is 1.76. The SMILES string of the molecule is CCCO[SH](=O)=O.O.[NaH]. The van der Waals surface area contributed by atoms with E-state index in [0.717, 1.165) is 6.42 Å². The van der Waals surface area contributed by atoms with Crippen molar-refractivity contribution in [3.05, 3.63) is 0 Å². The molecule has 0 radical (unpaired) electrons. The molecule has 0 aliphatic heterocycles. The number of hydrogen-bond acceptors (Lipinski definition) is 3. The Kier molecular flexibility index (Phi) is 21.3. The van der Waals surface area contributed by atoms with Crippen LogP contribution in [0.25, 0.3) is 0 Å². The van der Waals surface area contributed by atoms with Gasteiger partial charge in [-0.15, -0.1) is 0 Å². The third kappa shape index (κ3) is 17.7. The fourth-order valence-electron chi connectivity index (χ4n) is 0.166. The molecule has 0 atom stereocenters. The molecule has 0 fully saturated rings. The zero-order valence-corrected chi connectivity index (χ0v) is 5.48. The zero-order chi connectivity index (χ0) is 5.70. The minimum atomic E-state index is -2.61. The molecule has 0 rings (SSSR count). The predicted octanol–water partition coefficient (Wildman–Crippen LogP) is -1.53. The van der Waals surface area contributed by atoms with Gasteiger partial charge in [-0.2, -0.15) is 0 Å². The molecule has 9 heavy (non-hydrogen) atoms. The Morgan fingerprint density at radius 2 is 1.89 bits per heavy atom. The van der Waals surface area contributed by atoms with Crippen LogP contribution in [0.1, 0.15) is 13.3 Å². The molecule has 0 aliphatic carbocycles. The molecule has 0 saturated heterocycles. The van der Waals surface area contributed by atoms with Gasteiger partial charge in [0, 0.05) is 0 Å². The van der Waals surface area contributed by atoms with Crippen LogP contribution in [0, 0.1) is 0 Å². The Morgan fingerprint density at radius 1 is 1.44 bits per heavy atom. The Labute approximate surface area is 78.3 Å². The molecular formula is C3H11NaO4S. The first kappa shape index (κ1) is 16.5. The van der Waals surface area contributed by atoms with Crippen LogP contribution in [-0.4, -0.2) is 50.1 Å². The summed E-state index contributed by atoms with van der Waals surface area (Å²) in [6.45, 7) is 2.15. The van der Waals surface area contributed by atoms with Crippen LogP contribution in [0.15, 0.2) is 0 Å². The van der Waals surface area contributed by atoms with Gasteiger partial charge in [0.05, 0.1) is 6.61 Å². The van der Waals surface area contributed by atoms with E-state index >= 15 is 0 Å². The van der Waals surface area contributed by atoms with E-state index in [9.17, 15) is 8.42 Å². The van der Waals surface area contributed by atoms with Gasteiger partial charge in [0.25, 0.3) is 11.0 Å². The summed E-state index contributed by atoms with van der Waals surface area (Å²) in [5.74, 6) is 0. The van der Waals surface area contributed by atoms with Gasteiger partial charge >= 0.3 is 29.6 Å². The van der Waals surface area contributed by atoms with Gasteiger partial charge in [-0.05, 0) is 6.42 Å². The molecule has 0 heterocycles. The fourth-order valence-corrected chi connectivity index (χ4v) is 0.497. The van der Waals surface area contributed by atoms with Crippen molar-refractivity contribution in [1.29, 1.82) is 0 Å². The van der Waals surface area contributed by atoms with Crippen molar-refractivity contribution < 1.29 is 18.1 Å². The maximum absolute atomic E-state index is 9.57. The summed E-state index contributed by atoms with van der Waals surface area (Å²) in [5, 5.41) is 0. The van der Waals surface area contributed by atoms with Gasteiger partial charge in [-0.1, -0.05) is 6.92 Å². The van der Waals surface area contributed by atoms with E-state index in [-0.39, 0.29) is 35.0 Å². The Bertz CT molecular complexity index is 94.0. The van der Waals surface area contributed by atoms with Gasteiger partial charge in [-0.3, -0.25) is 4.18 Å². The zero-order valence-electron chi connectivity index (χ0n) is 4.59. The second kappa shape index (κ2) is 11.6. The van der Waals surface area contributed by atoms with Crippen molar-refractivity contribution in [2.45, 2.75) is 13.3 Å². The van der Waals surface area contributed by atoms with Gasteiger partial charge in [0.15, 0.2) is 0 Å². The average molecular weight is 166 g/mol. The topological polar surface area (TPSA) is 74.9 Å². The molecule has 4 nitrogen and oxygen atoms in total. The fraction of sp³-hybridized carbons (Fsp3) is 1.00. The van der Waals surface area contributed by atoms with E-state index in [2.05, 4.69) is 4.18 Å². The number of hydrogen-bond donors (Lipinski definition) is 1. The molecule has 6 heteroatoms. The molecule has 0 amide bonds. The first-order chi connectivity index (χ1) is 3.27. The first-order valence-corrected chi connectivity index (χ1v) is 3.14. The van der Waals surface area contributed by atoms with Crippen LogP contribution in [0.5, 0.6) is 0 Å². The van der Waals surface area contributed by atoms with Gasteiger partial charge in [-0.25, -0.2) is 8.42 Å². The van der Waals surface area contributed by atoms with Gasteiger partial charge in [0.2, 0.25) is 0 Å². The van der Waals surface area contributed by atoms with Crippen LogP contribution < -0.4 is 0 Å². The molecule has 0 aliphatic rings. The average Bonchev–Trinajstić information content (AvgIpc) is 1.61. The van der Waals surface area contributed by atoms with E-state index in [1.807, 2.05) is 6.92 Å². The summed E-state index contributed by atoms with van der Waals surface area (Å²) in [7, 11) is -2.61. The van der Waals surface area contributed by atoms with E-state index in [1.165, 1.54) is 0 Å².